The third kappa shape index (κ3) is 3.66. The van der Waals surface area contributed by atoms with Crippen LogP contribution < -0.4 is 0 Å². The van der Waals surface area contributed by atoms with Crippen LogP contribution in [0.3, 0.4) is 0 Å². The predicted molar refractivity (Wildman–Crippen MR) is 83.1 cm³/mol. The molecule has 0 fully saturated rings. The number of rotatable bonds is 3. The van der Waals surface area contributed by atoms with E-state index in [-0.39, 0.29) is 21.2 Å². The number of pyridine rings is 1. The number of nitrogens with zero attached hydrogens (tertiary/aromatic N) is 3. The summed E-state index contributed by atoms with van der Waals surface area (Å²) in [6.07, 6.45) is -3.82. The van der Waals surface area contributed by atoms with Crippen LogP contribution in [0.1, 0.15) is 5.56 Å². The van der Waals surface area contributed by atoms with E-state index < -0.39 is 11.7 Å². The standard InChI is InChI=1S/C14H6Cl2F3N3OS/c15-9-4-2-1-3-8(9)11-21-22-13(23-11)24-12-10(16)5-7(6-20-12)14(17,18)19/h1-6H. The maximum absolute atomic E-state index is 12.6. The lowest BCUT2D eigenvalue weighted by Crippen LogP contribution is -2.05. The first-order valence-electron chi connectivity index (χ1n) is 6.33. The van der Waals surface area contributed by atoms with Crippen molar-refractivity contribution in [2.24, 2.45) is 0 Å². The van der Waals surface area contributed by atoms with Crippen molar-refractivity contribution in [2.45, 2.75) is 16.4 Å². The Bertz CT molecular complexity index is 886. The first-order chi connectivity index (χ1) is 11.3. The van der Waals surface area contributed by atoms with Gasteiger partial charge in [0.25, 0.3) is 5.22 Å². The average Bonchev–Trinajstić information content (AvgIpc) is 2.97. The Labute approximate surface area is 148 Å². The van der Waals surface area contributed by atoms with E-state index >= 15 is 0 Å². The first-order valence-corrected chi connectivity index (χ1v) is 7.91. The minimum Gasteiger partial charge on any atom is -0.411 e. The van der Waals surface area contributed by atoms with Crippen molar-refractivity contribution >= 4 is 35.0 Å². The molecule has 0 N–H and O–H groups in total. The second-order valence-corrected chi connectivity index (χ2v) is 6.22. The average molecular weight is 392 g/mol. The minimum atomic E-state index is -4.51. The summed E-state index contributed by atoms with van der Waals surface area (Å²) in [6.45, 7) is 0. The van der Waals surface area contributed by atoms with E-state index in [4.69, 9.17) is 27.6 Å². The minimum absolute atomic E-state index is 0.0825. The van der Waals surface area contributed by atoms with Crippen LogP contribution in [0.15, 0.2) is 51.2 Å². The Kier molecular flexibility index (Phi) is 4.71. The highest BCUT2D eigenvalue weighted by Gasteiger charge is 2.31. The maximum Gasteiger partial charge on any atom is 0.417 e. The molecule has 3 aromatic rings. The maximum atomic E-state index is 12.6. The van der Waals surface area contributed by atoms with Gasteiger partial charge < -0.3 is 4.42 Å². The summed E-state index contributed by atoms with van der Waals surface area (Å²) in [5.74, 6) is 0.186. The molecule has 2 heterocycles. The van der Waals surface area contributed by atoms with Gasteiger partial charge in [-0.15, -0.1) is 10.2 Å². The molecule has 0 saturated carbocycles. The lowest BCUT2D eigenvalue weighted by molar-refractivity contribution is -0.137. The first kappa shape index (κ1) is 17.1. The van der Waals surface area contributed by atoms with Crippen LogP contribution >= 0.6 is 35.0 Å². The van der Waals surface area contributed by atoms with E-state index in [2.05, 4.69) is 15.2 Å². The summed E-state index contributed by atoms with van der Waals surface area (Å²) in [6, 6.07) is 7.67. The van der Waals surface area contributed by atoms with Crippen LogP contribution in [-0.2, 0) is 6.18 Å². The van der Waals surface area contributed by atoms with Gasteiger partial charge in [0.2, 0.25) is 5.89 Å². The van der Waals surface area contributed by atoms with Crippen molar-refractivity contribution < 1.29 is 17.6 Å². The number of hydrogen-bond acceptors (Lipinski definition) is 5. The van der Waals surface area contributed by atoms with Crippen LogP contribution in [0.25, 0.3) is 11.5 Å². The second-order valence-electron chi connectivity index (χ2n) is 4.46. The molecule has 0 saturated heterocycles. The lowest BCUT2D eigenvalue weighted by atomic mass is 10.2. The fraction of sp³-hybridized carbons (Fsp3) is 0.0714. The highest BCUT2D eigenvalue weighted by atomic mass is 35.5. The van der Waals surface area contributed by atoms with Gasteiger partial charge in [-0.05, 0) is 30.0 Å². The van der Waals surface area contributed by atoms with Gasteiger partial charge in [-0.1, -0.05) is 35.3 Å². The SMILES string of the molecule is FC(F)(F)c1cnc(Sc2nnc(-c3ccccc3Cl)o2)c(Cl)c1. The molecular weight excluding hydrogens is 386 g/mol. The van der Waals surface area contributed by atoms with E-state index in [1.807, 2.05) is 0 Å². The lowest BCUT2D eigenvalue weighted by Gasteiger charge is -2.07. The van der Waals surface area contributed by atoms with Crippen LogP contribution in [-0.4, -0.2) is 15.2 Å². The molecule has 0 aliphatic heterocycles. The third-order valence-corrected chi connectivity index (χ3v) is 4.42. The molecule has 0 unspecified atom stereocenters. The fourth-order valence-electron chi connectivity index (χ4n) is 1.73. The molecule has 0 bridgehead atoms. The van der Waals surface area contributed by atoms with Crippen LogP contribution in [0.2, 0.25) is 10.0 Å². The van der Waals surface area contributed by atoms with Gasteiger partial charge in [0.15, 0.2) is 0 Å². The molecule has 4 nitrogen and oxygen atoms in total. The van der Waals surface area contributed by atoms with Gasteiger partial charge in [-0.3, -0.25) is 0 Å². The van der Waals surface area contributed by atoms with Gasteiger partial charge >= 0.3 is 6.18 Å². The highest BCUT2D eigenvalue weighted by molar-refractivity contribution is 7.99. The molecular formula is C14H6Cl2F3N3OS. The van der Waals surface area contributed by atoms with Gasteiger partial charge in [-0.2, -0.15) is 13.2 Å². The van der Waals surface area contributed by atoms with Crippen LogP contribution in [0.5, 0.6) is 0 Å². The zero-order chi connectivity index (χ0) is 17.3. The van der Waals surface area contributed by atoms with Gasteiger partial charge in [0, 0.05) is 6.20 Å². The number of halogens is 5. The van der Waals surface area contributed by atoms with E-state index in [1.165, 1.54) is 0 Å². The Hall–Kier alpha value is -1.77. The molecule has 0 aliphatic rings. The molecule has 3 rings (SSSR count). The fourth-order valence-corrected chi connectivity index (χ4v) is 2.86. The van der Waals surface area contributed by atoms with Crippen LogP contribution in [0.4, 0.5) is 13.2 Å². The summed E-state index contributed by atoms with van der Waals surface area (Å²) in [7, 11) is 0. The summed E-state index contributed by atoms with van der Waals surface area (Å²) in [5.41, 5.74) is -0.385. The van der Waals surface area contributed by atoms with Gasteiger partial charge in [-0.25, -0.2) is 4.98 Å². The van der Waals surface area contributed by atoms with E-state index in [9.17, 15) is 13.2 Å². The Morgan fingerprint density at radius 2 is 1.79 bits per heavy atom. The molecule has 0 spiro atoms. The molecule has 0 amide bonds. The Morgan fingerprint density at radius 3 is 2.46 bits per heavy atom. The number of aromatic nitrogens is 3. The quantitative estimate of drug-likeness (QED) is 0.580. The van der Waals surface area contributed by atoms with E-state index in [0.717, 1.165) is 17.8 Å². The second kappa shape index (κ2) is 6.62. The summed E-state index contributed by atoms with van der Waals surface area (Å²) >= 11 is 12.7. The smallest absolute Gasteiger partial charge is 0.411 e. The van der Waals surface area contributed by atoms with Crippen molar-refractivity contribution in [2.75, 3.05) is 0 Å². The van der Waals surface area contributed by atoms with Gasteiger partial charge in [0.1, 0.15) is 5.03 Å². The molecule has 0 radical (unpaired) electrons. The molecule has 2 aromatic heterocycles. The predicted octanol–water partition coefficient (Wildman–Crippen LogP) is 5.61. The van der Waals surface area contributed by atoms with Crippen molar-refractivity contribution in [1.29, 1.82) is 0 Å². The molecule has 0 aliphatic carbocycles. The van der Waals surface area contributed by atoms with Gasteiger partial charge in [0.05, 0.1) is 21.2 Å². The van der Waals surface area contributed by atoms with E-state index in [0.29, 0.717) is 16.8 Å². The van der Waals surface area contributed by atoms with Crippen molar-refractivity contribution in [3.8, 4) is 11.5 Å². The number of benzene rings is 1. The Morgan fingerprint density at radius 1 is 1.04 bits per heavy atom. The number of alkyl halides is 3. The normalized spacial score (nSPS) is 11.7. The van der Waals surface area contributed by atoms with Crippen molar-refractivity contribution in [3.05, 3.63) is 52.1 Å². The zero-order valence-electron chi connectivity index (χ0n) is 11.5. The topological polar surface area (TPSA) is 51.8 Å². The summed E-state index contributed by atoms with van der Waals surface area (Å²) in [5, 5.41) is 8.15. The van der Waals surface area contributed by atoms with Crippen molar-refractivity contribution in [3.63, 3.8) is 0 Å². The van der Waals surface area contributed by atoms with Crippen LogP contribution in [0, 0.1) is 0 Å². The highest BCUT2D eigenvalue weighted by Crippen LogP contribution is 2.37. The largest absolute Gasteiger partial charge is 0.417 e. The molecule has 24 heavy (non-hydrogen) atoms. The monoisotopic (exact) mass is 391 g/mol. The van der Waals surface area contributed by atoms with Crippen molar-refractivity contribution in [1.82, 2.24) is 15.2 Å². The Balaban J connectivity index is 1.84. The zero-order valence-corrected chi connectivity index (χ0v) is 13.8. The number of hydrogen-bond donors (Lipinski definition) is 0. The van der Waals surface area contributed by atoms with E-state index in [1.54, 1.807) is 24.3 Å². The molecule has 10 heteroatoms. The molecule has 124 valence electrons. The third-order valence-electron chi connectivity index (χ3n) is 2.83. The summed E-state index contributed by atoms with van der Waals surface area (Å²) < 4.78 is 43.2. The molecule has 1 aromatic carbocycles. The summed E-state index contributed by atoms with van der Waals surface area (Å²) in [4.78, 5) is 3.70. The molecule has 0 atom stereocenters.